The van der Waals surface area contributed by atoms with Gasteiger partial charge in [-0.2, -0.15) is 0 Å². The van der Waals surface area contributed by atoms with Gasteiger partial charge in [-0.25, -0.2) is 0 Å². The van der Waals surface area contributed by atoms with E-state index in [-0.39, 0.29) is 23.6 Å². The van der Waals surface area contributed by atoms with Crippen molar-refractivity contribution in [2.75, 3.05) is 6.61 Å². The van der Waals surface area contributed by atoms with E-state index in [0.717, 1.165) is 12.0 Å². The van der Waals surface area contributed by atoms with Crippen molar-refractivity contribution in [3.63, 3.8) is 0 Å². The molecule has 1 saturated carbocycles. The van der Waals surface area contributed by atoms with Crippen LogP contribution in [-0.2, 0) is 9.53 Å². The molecule has 1 aliphatic rings. The van der Waals surface area contributed by atoms with Crippen molar-refractivity contribution < 1.29 is 14.6 Å². The zero-order valence-corrected chi connectivity index (χ0v) is 9.70. The van der Waals surface area contributed by atoms with E-state index in [0.29, 0.717) is 11.6 Å². The molecule has 1 aliphatic carbocycles. The minimum atomic E-state index is -0.156. The van der Waals surface area contributed by atoms with E-state index in [1.54, 1.807) is 19.1 Å². The molecule has 1 fully saturated rings. The van der Waals surface area contributed by atoms with E-state index in [1.807, 2.05) is 0 Å². The standard InChI is InChI=1S/C12H13ClO3/c1-2-16-12(15)10-6-9(10)8-4-3-7(14)5-11(8)13/h3-5,9-10,14H,2,6H2,1H3. The molecular formula is C12H13ClO3. The van der Waals surface area contributed by atoms with Crippen molar-refractivity contribution in [1.82, 2.24) is 0 Å². The number of esters is 1. The van der Waals surface area contributed by atoms with Gasteiger partial charge in [-0.05, 0) is 37.0 Å². The molecule has 3 nitrogen and oxygen atoms in total. The first-order valence-electron chi connectivity index (χ1n) is 5.28. The lowest BCUT2D eigenvalue weighted by Crippen LogP contribution is -2.07. The Labute approximate surface area is 99.0 Å². The Hall–Kier alpha value is -1.22. The number of rotatable bonds is 3. The third kappa shape index (κ3) is 2.14. The zero-order valence-electron chi connectivity index (χ0n) is 8.94. The molecule has 86 valence electrons. The number of hydrogen-bond donors (Lipinski definition) is 1. The Morgan fingerprint density at radius 3 is 3.00 bits per heavy atom. The summed E-state index contributed by atoms with van der Waals surface area (Å²) in [7, 11) is 0. The molecule has 0 amide bonds. The van der Waals surface area contributed by atoms with Gasteiger partial charge in [-0.1, -0.05) is 17.7 Å². The highest BCUT2D eigenvalue weighted by molar-refractivity contribution is 6.31. The third-order valence-corrected chi connectivity index (χ3v) is 3.09. The molecule has 0 bridgehead atoms. The number of carbonyl (C=O) groups is 1. The Bertz CT molecular complexity index is 417. The highest BCUT2D eigenvalue weighted by Crippen LogP contribution is 2.50. The van der Waals surface area contributed by atoms with Crippen molar-refractivity contribution in [2.24, 2.45) is 5.92 Å². The lowest BCUT2D eigenvalue weighted by molar-refractivity contribution is -0.144. The van der Waals surface area contributed by atoms with Crippen LogP contribution in [0.3, 0.4) is 0 Å². The number of hydrogen-bond acceptors (Lipinski definition) is 3. The van der Waals surface area contributed by atoms with Gasteiger partial charge >= 0.3 is 5.97 Å². The van der Waals surface area contributed by atoms with Gasteiger partial charge in [-0.15, -0.1) is 0 Å². The van der Waals surface area contributed by atoms with Gasteiger partial charge in [0.15, 0.2) is 0 Å². The summed E-state index contributed by atoms with van der Waals surface area (Å²) in [5.74, 6) is 0.0628. The molecular weight excluding hydrogens is 228 g/mol. The second kappa shape index (κ2) is 4.34. The molecule has 2 unspecified atom stereocenters. The maximum Gasteiger partial charge on any atom is 0.309 e. The molecule has 2 atom stereocenters. The van der Waals surface area contributed by atoms with Crippen molar-refractivity contribution >= 4 is 17.6 Å². The summed E-state index contributed by atoms with van der Waals surface area (Å²) < 4.78 is 4.95. The first-order valence-corrected chi connectivity index (χ1v) is 5.66. The molecule has 0 radical (unpaired) electrons. The average molecular weight is 241 g/mol. The van der Waals surface area contributed by atoms with E-state index < -0.39 is 0 Å². The van der Waals surface area contributed by atoms with Crippen molar-refractivity contribution in [3.05, 3.63) is 28.8 Å². The fourth-order valence-corrected chi connectivity index (χ4v) is 2.18. The van der Waals surface area contributed by atoms with Crippen molar-refractivity contribution in [2.45, 2.75) is 19.3 Å². The van der Waals surface area contributed by atoms with Crippen LogP contribution in [0.25, 0.3) is 0 Å². The molecule has 16 heavy (non-hydrogen) atoms. The van der Waals surface area contributed by atoms with Crippen LogP contribution in [-0.4, -0.2) is 17.7 Å². The van der Waals surface area contributed by atoms with Gasteiger partial charge < -0.3 is 9.84 Å². The maximum absolute atomic E-state index is 11.5. The molecule has 0 aromatic heterocycles. The molecule has 0 spiro atoms. The fraction of sp³-hybridized carbons (Fsp3) is 0.417. The van der Waals surface area contributed by atoms with Crippen LogP contribution in [0.1, 0.15) is 24.8 Å². The minimum absolute atomic E-state index is 0.0676. The smallest absolute Gasteiger partial charge is 0.309 e. The van der Waals surface area contributed by atoms with E-state index in [9.17, 15) is 9.90 Å². The number of phenolic OH excluding ortho intramolecular Hbond substituents is 1. The molecule has 1 aromatic carbocycles. The number of phenols is 1. The van der Waals surface area contributed by atoms with Crippen LogP contribution in [0.2, 0.25) is 5.02 Å². The average Bonchev–Trinajstić information content (AvgIpc) is 2.98. The second-order valence-corrected chi connectivity index (χ2v) is 4.31. The summed E-state index contributed by atoms with van der Waals surface area (Å²) in [6, 6.07) is 4.85. The molecule has 0 heterocycles. The molecule has 4 heteroatoms. The van der Waals surface area contributed by atoms with Crippen LogP contribution in [0.15, 0.2) is 18.2 Å². The fourth-order valence-electron chi connectivity index (χ4n) is 1.87. The van der Waals surface area contributed by atoms with Gasteiger partial charge in [0.05, 0.1) is 12.5 Å². The first-order chi connectivity index (χ1) is 7.63. The monoisotopic (exact) mass is 240 g/mol. The lowest BCUT2D eigenvalue weighted by Gasteiger charge is -2.04. The highest BCUT2D eigenvalue weighted by atomic mass is 35.5. The van der Waals surface area contributed by atoms with Crippen LogP contribution < -0.4 is 0 Å². The summed E-state index contributed by atoms with van der Waals surface area (Å²) in [4.78, 5) is 11.5. The number of carbonyl (C=O) groups excluding carboxylic acids is 1. The zero-order chi connectivity index (χ0) is 11.7. The van der Waals surface area contributed by atoms with Gasteiger partial charge in [0, 0.05) is 5.02 Å². The van der Waals surface area contributed by atoms with Crippen LogP contribution >= 0.6 is 11.6 Å². The summed E-state index contributed by atoms with van der Waals surface area (Å²) in [6.07, 6.45) is 0.781. The number of ether oxygens (including phenoxy) is 1. The Morgan fingerprint density at radius 1 is 1.62 bits per heavy atom. The van der Waals surface area contributed by atoms with E-state index in [4.69, 9.17) is 16.3 Å². The maximum atomic E-state index is 11.5. The SMILES string of the molecule is CCOC(=O)C1CC1c1ccc(O)cc1Cl. The van der Waals surface area contributed by atoms with Gasteiger partial charge in [0.25, 0.3) is 0 Å². The van der Waals surface area contributed by atoms with E-state index in [1.165, 1.54) is 6.07 Å². The number of halogens is 1. The third-order valence-electron chi connectivity index (χ3n) is 2.76. The Morgan fingerprint density at radius 2 is 2.38 bits per heavy atom. The van der Waals surface area contributed by atoms with Crippen molar-refractivity contribution in [3.8, 4) is 5.75 Å². The summed E-state index contributed by atoms with van der Waals surface area (Å²) >= 11 is 6.00. The van der Waals surface area contributed by atoms with E-state index in [2.05, 4.69) is 0 Å². The normalized spacial score (nSPS) is 22.9. The topological polar surface area (TPSA) is 46.5 Å². The Kier molecular flexibility index (Phi) is 3.06. The van der Waals surface area contributed by atoms with Gasteiger partial charge in [-0.3, -0.25) is 4.79 Å². The van der Waals surface area contributed by atoms with Crippen LogP contribution in [0.5, 0.6) is 5.75 Å². The quantitative estimate of drug-likeness (QED) is 0.827. The first kappa shape index (κ1) is 11.3. The van der Waals surface area contributed by atoms with Gasteiger partial charge in [0.2, 0.25) is 0 Å². The largest absolute Gasteiger partial charge is 0.508 e. The molecule has 1 aromatic rings. The molecule has 0 saturated heterocycles. The number of benzene rings is 1. The highest BCUT2D eigenvalue weighted by Gasteiger charge is 2.45. The van der Waals surface area contributed by atoms with Crippen LogP contribution in [0, 0.1) is 5.92 Å². The van der Waals surface area contributed by atoms with E-state index >= 15 is 0 Å². The summed E-state index contributed by atoms with van der Waals surface area (Å²) in [6.45, 7) is 2.20. The Balaban J connectivity index is 2.08. The molecule has 0 aliphatic heterocycles. The molecule has 1 N–H and O–H groups in total. The predicted molar refractivity (Wildman–Crippen MR) is 60.6 cm³/mol. The summed E-state index contributed by atoms with van der Waals surface area (Å²) in [5, 5.41) is 9.73. The summed E-state index contributed by atoms with van der Waals surface area (Å²) in [5.41, 5.74) is 0.914. The second-order valence-electron chi connectivity index (χ2n) is 3.91. The van der Waals surface area contributed by atoms with Gasteiger partial charge in [0.1, 0.15) is 5.75 Å². The van der Waals surface area contributed by atoms with Crippen LogP contribution in [0.4, 0.5) is 0 Å². The lowest BCUT2D eigenvalue weighted by atomic mass is 10.1. The minimum Gasteiger partial charge on any atom is -0.508 e. The predicted octanol–water partition coefficient (Wildman–Crippen LogP) is 2.71. The van der Waals surface area contributed by atoms with Crippen molar-refractivity contribution in [1.29, 1.82) is 0 Å². The molecule has 2 rings (SSSR count). The number of aromatic hydroxyl groups is 1.